The molecular weight excluding hydrogens is 345 g/mol. The van der Waals surface area contributed by atoms with Gasteiger partial charge in [-0.15, -0.1) is 0 Å². The Morgan fingerprint density at radius 3 is 2.85 bits per heavy atom. The normalized spacial score (nSPS) is 17.9. The van der Waals surface area contributed by atoms with E-state index in [4.69, 9.17) is 0 Å². The van der Waals surface area contributed by atoms with E-state index in [-0.39, 0.29) is 24.6 Å². The van der Waals surface area contributed by atoms with Crippen LogP contribution in [0.4, 0.5) is 13.2 Å². The molecule has 1 fully saturated rings. The lowest BCUT2D eigenvalue weighted by molar-refractivity contribution is -0.138. The van der Waals surface area contributed by atoms with Crippen molar-refractivity contribution >= 4 is 5.91 Å². The van der Waals surface area contributed by atoms with Gasteiger partial charge in [0, 0.05) is 25.2 Å². The fourth-order valence-electron chi connectivity index (χ4n) is 3.14. The number of amides is 1. The van der Waals surface area contributed by atoms with Crippen molar-refractivity contribution < 1.29 is 18.0 Å². The van der Waals surface area contributed by atoms with Gasteiger partial charge in [0.15, 0.2) is 0 Å². The Kier molecular flexibility index (Phi) is 5.61. The topological polar surface area (TPSA) is 59.0 Å². The Hall–Kier alpha value is -2.35. The minimum atomic E-state index is -4.44. The summed E-state index contributed by atoms with van der Waals surface area (Å²) in [7, 11) is 0. The van der Waals surface area contributed by atoms with E-state index in [1.54, 1.807) is 6.20 Å². The van der Waals surface area contributed by atoms with Crippen molar-refractivity contribution in [1.82, 2.24) is 20.4 Å². The predicted molar refractivity (Wildman–Crippen MR) is 90.4 cm³/mol. The van der Waals surface area contributed by atoms with Crippen molar-refractivity contribution in [1.29, 1.82) is 0 Å². The van der Waals surface area contributed by atoms with Crippen LogP contribution in [-0.2, 0) is 24.1 Å². The summed E-state index contributed by atoms with van der Waals surface area (Å²) in [4.78, 5) is 12.1. The van der Waals surface area contributed by atoms with E-state index in [9.17, 15) is 18.0 Å². The minimum absolute atomic E-state index is 0.0195. The molecule has 5 nitrogen and oxygen atoms in total. The summed E-state index contributed by atoms with van der Waals surface area (Å²) in [5.41, 5.74) is 0.252. The molecule has 0 radical (unpaired) electrons. The predicted octanol–water partition coefficient (Wildman–Crippen LogP) is 2.69. The van der Waals surface area contributed by atoms with Crippen molar-refractivity contribution in [3.05, 3.63) is 53.3 Å². The molecule has 1 amide bonds. The van der Waals surface area contributed by atoms with Crippen molar-refractivity contribution in [2.45, 2.75) is 38.0 Å². The fourth-order valence-corrected chi connectivity index (χ4v) is 3.14. The Balaban J connectivity index is 1.56. The second-order valence-electron chi connectivity index (χ2n) is 6.41. The maximum absolute atomic E-state index is 13.0. The molecule has 0 aliphatic carbocycles. The lowest BCUT2D eigenvalue weighted by Gasteiger charge is -2.20. The molecule has 1 aliphatic heterocycles. The summed E-state index contributed by atoms with van der Waals surface area (Å²) < 4.78 is 40.4. The Morgan fingerprint density at radius 1 is 1.31 bits per heavy atom. The molecule has 1 aliphatic rings. The monoisotopic (exact) mass is 366 g/mol. The highest BCUT2D eigenvalue weighted by Gasteiger charge is 2.32. The first-order chi connectivity index (χ1) is 12.4. The highest BCUT2D eigenvalue weighted by atomic mass is 19.4. The molecule has 0 spiro atoms. The number of benzene rings is 1. The van der Waals surface area contributed by atoms with Gasteiger partial charge in [0.2, 0.25) is 5.91 Å². The lowest BCUT2D eigenvalue weighted by Crippen LogP contribution is -2.29. The van der Waals surface area contributed by atoms with Crippen LogP contribution in [0.3, 0.4) is 0 Å². The molecule has 8 heteroatoms. The molecule has 0 bridgehead atoms. The SMILES string of the molecule is O=C(Cn1ccc([C@H]2CCCNC2)n1)NCc1ccccc1C(F)(F)F. The first kappa shape index (κ1) is 18.4. The van der Waals surface area contributed by atoms with Gasteiger partial charge in [-0.3, -0.25) is 9.48 Å². The quantitative estimate of drug-likeness (QED) is 0.855. The van der Waals surface area contributed by atoms with Crippen molar-refractivity contribution in [3.63, 3.8) is 0 Å². The van der Waals surface area contributed by atoms with E-state index < -0.39 is 11.7 Å². The van der Waals surface area contributed by atoms with Crippen LogP contribution in [0.2, 0.25) is 0 Å². The number of piperidine rings is 1. The molecule has 2 aromatic rings. The summed E-state index contributed by atoms with van der Waals surface area (Å²) in [6, 6.07) is 7.13. The second-order valence-corrected chi connectivity index (χ2v) is 6.41. The van der Waals surface area contributed by atoms with Crippen LogP contribution in [0.5, 0.6) is 0 Å². The van der Waals surface area contributed by atoms with Crippen LogP contribution in [0.1, 0.15) is 35.6 Å². The molecule has 26 heavy (non-hydrogen) atoms. The van der Waals surface area contributed by atoms with Gasteiger partial charge in [0.05, 0.1) is 11.3 Å². The van der Waals surface area contributed by atoms with E-state index >= 15 is 0 Å². The highest BCUT2D eigenvalue weighted by Crippen LogP contribution is 2.31. The summed E-state index contributed by atoms with van der Waals surface area (Å²) in [5.74, 6) is -0.0369. The third kappa shape index (κ3) is 4.63. The molecule has 0 unspecified atom stereocenters. The van der Waals surface area contributed by atoms with E-state index in [1.807, 2.05) is 6.07 Å². The van der Waals surface area contributed by atoms with Crippen LogP contribution in [0.25, 0.3) is 0 Å². The van der Waals surface area contributed by atoms with E-state index in [2.05, 4.69) is 15.7 Å². The van der Waals surface area contributed by atoms with Gasteiger partial charge in [-0.2, -0.15) is 18.3 Å². The van der Waals surface area contributed by atoms with Crippen molar-refractivity contribution in [2.75, 3.05) is 13.1 Å². The third-order valence-electron chi connectivity index (χ3n) is 4.48. The summed E-state index contributed by atoms with van der Waals surface area (Å²) >= 11 is 0. The highest BCUT2D eigenvalue weighted by molar-refractivity contribution is 5.75. The van der Waals surface area contributed by atoms with Gasteiger partial charge >= 0.3 is 6.18 Å². The molecule has 1 saturated heterocycles. The number of hydrogen-bond donors (Lipinski definition) is 2. The lowest BCUT2D eigenvalue weighted by atomic mass is 9.97. The zero-order valence-electron chi connectivity index (χ0n) is 14.2. The largest absolute Gasteiger partial charge is 0.416 e. The molecule has 1 atom stereocenters. The molecule has 2 heterocycles. The Morgan fingerprint density at radius 2 is 2.12 bits per heavy atom. The van der Waals surface area contributed by atoms with Crippen LogP contribution in [0, 0.1) is 0 Å². The Labute approximate surface area is 149 Å². The molecular formula is C18H21F3N4O. The number of hydrogen-bond acceptors (Lipinski definition) is 3. The van der Waals surface area contributed by atoms with E-state index in [0.717, 1.165) is 37.7 Å². The second kappa shape index (κ2) is 7.90. The smallest absolute Gasteiger partial charge is 0.350 e. The zero-order valence-corrected chi connectivity index (χ0v) is 14.2. The van der Waals surface area contributed by atoms with Crippen molar-refractivity contribution in [3.8, 4) is 0 Å². The summed E-state index contributed by atoms with van der Waals surface area (Å²) in [6.07, 6.45) is -0.555. The van der Waals surface area contributed by atoms with E-state index in [1.165, 1.54) is 22.9 Å². The number of nitrogens with zero attached hydrogens (tertiary/aromatic N) is 2. The molecule has 3 rings (SSSR count). The van der Waals surface area contributed by atoms with Crippen LogP contribution < -0.4 is 10.6 Å². The third-order valence-corrected chi connectivity index (χ3v) is 4.48. The number of alkyl halides is 3. The standard InChI is InChI=1S/C18H21F3N4O/c19-18(20,21)15-6-2-1-4-13(15)11-23-17(26)12-25-9-7-16(24-25)14-5-3-8-22-10-14/h1-2,4,6-7,9,14,22H,3,5,8,10-12H2,(H,23,26)/t14-/m0/s1. The maximum atomic E-state index is 13.0. The molecule has 1 aromatic carbocycles. The number of halogens is 3. The molecule has 2 N–H and O–H groups in total. The maximum Gasteiger partial charge on any atom is 0.416 e. The number of rotatable bonds is 5. The number of aromatic nitrogens is 2. The molecule has 1 aromatic heterocycles. The first-order valence-corrected chi connectivity index (χ1v) is 8.59. The van der Waals surface area contributed by atoms with Crippen LogP contribution in [0.15, 0.2) is 36.5 Å². The van der Waals surface area contributed by atoms with E-state index in [0.29, 0.717) is 5.92 Å². The van der Waals surface area contributed by atoms with Gasteiger partial charge < -0.3 is 10.6 Å². The van der Waals surface area contributed by atoms with Gasteiger partial charge in [-0.1, -0.05) is 18.2 Å². The van der Waals surface area contributed by atoms with Gasteiger partial charge in [-0.05, 0) is 37.1 Å². The van der Waals surface area contributed by atoms with Crippen molar-refractivity contribution in [2.24, 2.45) is 0 Å². The Bertz CT molecular complexity index is 751. The average Bonchev–Trinajstić information content (AvgIpc) is 3.09. The number of carbonyl (C=O) groups excluding carboxylic acids is 1. The summed E-state index contributed by atoms with van der Waals surface area (Å²) in [6.45, 7) is 1.69. The van der Waals surface area contributed by atoms with Gasteiger partial charge in [-0.25, -0.2) is 0 Å². The van der Waals surface area contributed by atoms with Crippen LogP contribution >= 0.6 is 0 Å². The van der Waals surface area contributed by atoms with Gasteiger partial charge in [0.1, 0.15) is 6.54 Å². The molecule has 140 valence electrons. The average molecular weight is 366 g/mol. The minimum Gasteiger partial charge on any atom is -0.350 e. The first-order valence-electron chi connectivity index (χ1n) is 8.59. The molecule has 0 saturated carbocycles. The number of nitrogens with one attached hydrogen (secondary N) is 2. The van der Waals surface area contributed by atoms with Crippen LogP contribution in [-0.4, -0.2) is 28.8 Å². The summed E-state index contributed by atoms with van der Waals surface area (Å²) in [5, 5.41) is 10.3. The number of carbonyl (C=O) groups is 1. The fraction of sp³-hybridized carbons (Fsp3) is 0.444. The zero-order chi connectivity index (χ0) is 18.6. The van der Waals surface area contributed by atoms with Gasteiger partial charge in [0.25, 0.3) is 0 Å².